The van der Waals surface area contributed by atoms with Crippen LogP contribution in [0.3, 0.4) is 0 Å². The number of anilines is 1. The SMILES string of the molecule is COc1ccc(N(C(C)C(=O)NCc2cccc(C)c2)S(C)(=O)=O)cc1OC. The summed E-state index contributed by atoms with van der Waals surface area (Å²) in [6.45, 7) is 3.83. The number of aryl methyl sites for hydroxylation is 1. The molecule has 0 aliphatic rings. The van der Waals surface area contributed by atoms with Crippen molar-refractivity contribution in [2.75, 3.05) is 24.8 Å². The number of amides is 1. The quantitative estimate of drug-likeness (QED) is 0.728. The molecule has 0 spiro atoms. The van der Waals surface area contributed by atoms with E-state index in [-0.39, 0.29) is 0 Å². The van der Waals surface area contributed by atoms with Crippen molar-refractivity contribution < 1.29 is 22.7 Å². The first-order chi connectivity index (χ1) is 13.2. The molecule has 1 unspecified atom stereocenters. The fraction of sp³-hybridized carbons (Fsp3) is 0.350. The second kappa shape index (κ2) is 8.97. The van der Waals surface area contributed by atoms with Crippen molar-refractivity contribution in [3.05, 3.63) is 53.6 Å². The van der Waals surface area contributed by atoms with E-state index in [1.54, 1.807) is 19.1 Å². The Morgan fingerprint density at radius 2 is 1.79 bits per heavy atom. The molecule has 1 amide bonds. The van der Waals surface area contributed by atoms with Crippen molar-refractivity contribution in [1.82, 2.24) is 5.32 Å². The lowest BCUT2D eigenvalue weighted by molar-refractivity contribution is -0.122. The number of nitrogens with one attached hydrogen (secondary N) is 1. The standard InChI is InChI=1S/C20H26N2O5S/c1-14-7-6-8-16(11-14)13-21-20(23)15(2)22(28(5,24)25)17-9-10-18(26-3)19(12-17)27-4/h6-12,15H,13H2,1-5H3,(H,21,23). The molecule has 0 saturated heterocycles. The van der Waals surface area contributed by atoms with Crippen LogP contribution < -0.4 is 19.1 Å². The Kier molecular flexibility index (Phi) is 6.90. The Balaban J connectivity index is 2.26. The fourth-order valence-corrected chi connectivity index (χ4v) is 4.10. The van der Waals surface area contributed by atoms with Crippen molar-refractivity contribution >= 4 is 21.6 Å². The summed E-state index contributed by atoms with van der Waals surface area (Å²) in [6, 6.07) is 11.5. The second-order valence-electron chi connectivity index (χ2n) is 6.48. The zero-order chi connectivity index (χ0) is 20.9. The molecule has 0 aliphatic carbocycles. The van der Waals surface area contributed by atoms with Crippen molar-refractivity contribution in [1.29, 1.82) is 0 Å². The van der Waals surface area contributed by atoms with Gasteiger partial charge in [-0.15, -0.1) is 0 Å². The predicted molar refractivity (Wildman–Crippen MR) is 109 cm³/mol. The van der Waals surface area contributed by atoms with Gasteiger partial charge < -0.3 is 14.8 Å². The Morgan fingerprint density at radius 3 is 2.36 bits per heavy atom. The molecule has 8 heteroatoms. The van der Waals surface area contributed by atoms with Crippen LogP contribution in [-0.4, -0.2) is 40.8 Å². The maximum atomic E-state index is 12.7. The smallest absolute Gasteiger partial charge is 0.243 e. The lowest BCUT2D eigenvalue weighted by atomic mass is 10.1. The van der Waals surface area contributed by atoms with E-state index >= 15 is 0 Å². The molecule has 0 bridgehead atoms. The third-order valence-electron chi connectivity index (χ3n) is 4.26. The molecule has 1 N–H and O–H groups in total. The number of ether oxygens (including phenoxy) is 2. The van der Waals surface area contributed by atoms with E-state index in [1.807, 2.05) is 31.2 Å². The van der Waals surface area contributed by atoms with E-state index in [1.165, 1.54) is 20.3 Å². The number of benzene rings is 2. The van der Waals surface area contributed by atoms with Crippen LogP contribution in [0.5, 0.6) is 11.5 Å². The van der Waals surface area contributed by atoms with Crippen molar-refractivity contribution in [3.8, 4) is 11.5 Å². The summed E-state index contributed by atoms with van der Waals surface area (Å²) in [6.07, 6.45) is 1.06. The van der Waals surface area contributed by atoms with Gasteiger partial charge in [-0.3, -0.25) is 9.10 Å². The zero-order valence-electron chi connectivity index (χ0n) is 16.7. The average Bonchev–Trinajstić information content (AvgIpc) is 2.64. The molecule has 0 aliphatic heterocycles. The summed E-state index contributed by atoms with van der Waals surface area (Å²) in [5.41, 5.74) is 2.35. The maximum absolute atomic E-state index is 12.7. The van der Waals surface area contributed by atoms with Gasteiger partial charge in [0.25, 0.3) is 0 Å². The molecule has 2 aromatic carbocycles. The molecular formula is C20H26N2O5S. The molecule has 0 heterocycles. The summed E-state index contributed by atoms with van der Waals surface area (Å²) >= 11 is 0. The third kappa shape index (κ3) is 5.16. The zero-order valence-corrected chi connectivity index (χ0v) is 17.5. The lowest BCUT2D eigenvalue weighted by Crippen LogP contribution is -2.47. The predicted octanol–water partition coefficient (Wildman–Crippen LogP) is 2.48. The van der Waals surface area contributed by atoms with Gasteiger partial charge in [0.2, 0.25) is 15.9 Å². The van der Waals surface area contributed by atoms with E-state index in [9.17, 15) is 13.2 Å². The molecule has 152 valence electrons. The van der Waals surface area contributed by atoms with E-state index in [2.05, 4.69) is 5.32 Å². The number of hydrogen-bond acceptors (Lipinski definition) is 5. The number of hydrogen-bond donors (Lipinski definition) is 1. The Morgan fingerprint density at radius 1 is 1.11 bits per heavy atom. The summed E-state index contributed by atoms with van der Waals surface area (Å²) in [5.74, 6) is 0.444. The van der Waals surface area contributed by atoms with Gasteiger partial charge in [0, 0.05) is 12.6 Å². The first-order valence-corrected chi connectivity index (χ1v) is 10.6. The number of methoxy groups -OCH3 is 2. The average molecular weight is 407 g/mol. The van der Waals surface area contributed by atoms with Crippen LogP contribution in [0.2, 0.25) is 0 Å². The first kappa shape index (κ1) is 21.6. The highest BCUT2D eigenvalue weighted by Gasteiger charge is 2.29. The molecule has 2 rings (SSSR count). The van der Waals surface area contributed by atoms with E-state index < -0.39 is 22.0 Å². The van der Waals surface area contributed by atoms with Crippen LogP contribution in [0.15, 0.2) is 42.5 Å². The van der Waals surface area contributed by atoms with Gasteiger partial charge in [0.15, 0.2) is 11.5 Å². The van der Waals surface area contributed by atoms with E-state index in [0.717, 1.165) is 21.7 Å². The van der Waals surface area contributed by atoms with Crippen molar-refractivity contribution in [2.45, 2.75) is 26.4 Å². The number of carbonyl (C=O) groups excluding carboxylic acids is 1. The largest absolute Gasteiger partial charge is 0.493 e. The van der Waals surface area contributed by atoms with Crippen LogP contribution in [0.25, 0.3) is 0 Å². The van der Waals surface area contributed by atoms with Gasteiger partial charge in [-0.25, -0.2) is 8.42 Å². The van der Waals surface area contributed by atoms with Crippen LogP contribution in [0, 0.1) is 6.92 Å². The van der Waals surface area contributed by atoms with Crippen molar-refractivity contribution in [2.24, 2.45) is 0 Å². The van der Waals surface area contributed by atoms with Crippen molar-refractivity contribution in [3.63, 3.8) is 0 Å². The minimum Gasteiger partial charge on any atom is -0.493 e. The van der Waals surface area contributed by atoms with Gasteiger partial charge >= 0.3 is 0 Å². The Hall–Kier alpha value is -2.74. The molecule has 1 atom stereocenters. The summed E-state index contributed by atoms with van der Waals surface area (Å²) in [4.78, 5) is 12.7. The topological polar surface area (TPSA) is 84.9 Å². The molecule has 0 radical (unpaired) electrons. The summed E-state index contributed by atoms with van der Waals surface area (Å²) < 4.78 is 36.4. The molecule has 0 aromatic heterocycles. The number of carbonyl (C=O) groups is 1. The normalized spacial score (nSPS) is 12.2. The van der Waals surface area contributed by atoms with Crippen LogP contribution >= 0.6 is 0 Å². The van der Waals surface area contributed by atoms with Gasteiger partial charge in [0.1, 0.15) is 6.04 Å². The maximum Gasteiger partial charge on any atom is 0.243 e. The van der Waals surface area contributed by atoms with Gasteiger partial charge in [-0.05, 0) is 31.5 Å². The number of rotatable bonds is 8. The highest BCUT2D eigenvalue weighted by molar-refractivity contribution is 7.92. The van der Waals surface area contributed by atoms with E-state index in [0.29, 0.717) is 23.7 Å². The van der Waals surface area contributed by atoms with Crippen LogP contribution in [0.1, 0.15) is 18.1 Å². The van der Waals surface area contributed by atoms with Gasteiger partial charge in [-0.1, -0.05) is 29.8 Å². The molecule has 28 heavy (non-hydrogen) atoms. The number of nitrogens with zero attached hydrogens (tertiary/aromatic N) is 1. The van der Waals surface area contributed by atoms with Gasteiger partial charge in [0.05, 0.1) is 26.2 Å². The monoisotopic (exact) mass is 406 g/mol. The fourth-order valence-electron chi connectivity index (χ4n) is 2.93. The summed E-state index contributed by atoms with van der Waals surface area (Å²) in [5, 5.41) is 2.80. The van der Waals surface area contributed by atoms with Crippen LogP contribution in [-0.2, 0) is 21.4 Å². The highest BCUT2D eigenvalue weighted by atomic mass is 32.2. The molecule has 0 fully saturated rings. The van der Waals surface area contributed by atoms with Gasteiger partial charge in [-0.2, -0.15) is 0 Å². The minimum absolute atomic E-state index is 0.314. The molecule has 7 nitrogen and oxygen atoms in total. The van der Waals surface area contributed by atoms with E-state index in [4.69, 9.17) is 9.47 Å². The lowest BCUT2D eigenvalue weighted by Gasteiger charge is -2.28. The minimum atomic E-state index is -3.72. The van der Waals surface area contributed by atoms with Crippen LogP contribution in [0.4, 0.5) is 5.69 Å². The third-order valence-corrected chi connectivity index (χ3v) is 5.50. The molecule has 0 saturated carbocycles. The highest BCUT2D eigenvalue weighted by Crippen LogP contribution is 2.33. The second-order valence-corrected chi connectivity index (χ2v) is 8.34. The Labute approximate surface area is 166 Å². The Bertz CT molecular complexity index is 943. The first-order valence-electron chi connectivity index (χ1n) is 8.72. The number of sulfonamides is 1. The summed E-state index contributed by atoms with van der Waals surface area (Å²) in [7, 11) is -0.764. The molecule has 2 aromatic rings. The molecular weight excluding hydrogens is 380 g/mol.